The van der Waals surface area contributed by atoms with E-state index in [9.17, 15) is 14.7 Å². The highest BCUT2D eigenvalue weighted by Crippen LogP contribution is 2.07. The molecular formula is C12H23N3O4. The van der Waals surface area contributed by atoms with Crippen molar-refractivity contribution in [2.45, 2.75) is 32.4 Å². The van der Waals surface area contributed by atoms with Crippen LogP contribution in [0.25, 0.3) is 0 Å². The van der Waals surface area contributed by atoms with Crippen LogP contribution >= 0.6 is 0 Å². The molecule has 1 saturated heterocycles. The van der Waals surface area contributed by atoms with Crippen molar-refractivity contribution in [3.63, 3.8) is 0 Å². The molecule has 110 valence electrons. The predicted octanol–water partition coefficient (Wildman–Crippen LogP) is -0.696. The van der Waals surface area contributed by atoms with Gasteiger partial charge in [-0.3, -0.25) is 4.79 Å². The molecule has 1 aliphatic heterocycles. The molecule has 1 atom stereocenters. The number of ether oxygens (including phenoxy) is 1. The van der Waals surface area contributed by atoms with E-state index in [1.54, 1.807) is 25.7 Å². The number of nitrogens with zero attached hydrogens (tertiary/aromatic N) is 1. The molecule has 3 N–H and O–H groups in total. The number of alkyl carbamates (subject to hydrolysis) is 1. The number of nitrogens with one attached hydrogen (secondary N) is 2. The van der Waals surface area contributed by atoms with Crippen molar-refractivity contribution in [2.75, 3.05) is 32.8 Å². The normalized spacial score (nSPS) is 17.8. The third-order valence-electron chi connectivity index (χ3n) is 2.60. The van der Waals surface area contributed by atoms with Gasteiger partial charge in [-0.05, 0) is 20.8 Å². The summed E-state index contributed by atoms with van der Waals surface area (Å²) < 4.78 is 5.06. The first-order valence-electron chi connectivity index (χ1n) is 6.43. The van der Waals surface area contributed by atoms with E-state index in [0.29, 0.717) is 13.1 Å². The lowest BCUT2D eigenvalue weighted by atomic mass is 10.2. The molecule has 0 aromatic heterocycles. The summed E-state index contributed by atoms with van der Waals surface area (Å²) in [5.41, 5.74) is -0.637. The summed E-state index contributed by atoms with van der Waals surface area (Å²) in [4.78, 5) is 25.3. The highest BCUT2D eigenvalue weighted by molar-refractivity contribution is 5.86. The van der Waals surface area contributed by atoms with Crippen LogP contribution in [0.15, 0.2) is 0 Å². The van der Waals surface area contributed by atoms with Crippen molar-refractivity contribution < 1.29 is 19.4 Å². The molecule has 0 aromatic carbocycles. The minimum Gasteiger partial charge on any atom is -0.444 e. The van der Waals surface area contributed by atoms with Crippen LogP contribution in [0.2, 0.25) is 0 Å². The first-order chi connectivity index (χ1) is 8.83. The molecule has 0 bridgehead atoms. The monoisotopic (exact) mass is 273 g/mol. The standard InChI is InChI=1S/C12H23N3O4/c1-12(2,3)19-11(18)14-9(8-16)10(17)15-6-4-13-5-7-15/h9,13,16H,4-8H2,1-3H3,(H,14,18). The van der Waals surface area contributed by atoms with E-state index in [0.717, 1.165) is 13.1 Å². The van der Waals surface area contributed by atoms with Crippen LogP contribution in [0.4, 0.5) is 4.79 Å². The lowest BCUT2D eigenvalue weighted by Gasteiger charge is -2.31. The van der Waals surface area contributed by atoms with Gasteiger partial charge in [0.15, 0.2) is 0 Å². The molecular weight excluding hydrogens is 250 g/mol. The Morgan fingerprint density at radius 3 is 2.42 bits per heavy atom. The first-order valence-corrected chi connectivity index (χ1v) is 6.43. The Bertz CT molecular complexity index is 321. The molecule has 0 spiro atoms. The number of aliphatic hydroxyl groups is 1. The van der Waals surface area contributed by atoms with E-state index in [2.05, 4.69) is 10.6 Å². The van der Waals surface area contributed by atoms with Crippen molar-refractivity contribution in [1.82, 2.24) is 15.5 Å². The molecule has 0 aliphatic carbocycles. The Morgan fingerprint density at radius 2 is 1.95 bits per heavy atom. The molecule has 1 heterocycles. The number of piperazine rings is 1. The highest BCUT2D eigenvalue weighted by atomic mass is 16.6. The molecule has 1 unspecified atom stereocenters. The average Bonchev–Trinajstić information content (AvgIpc) is 2.34. The molecule has 1 aliphatic rings. The number of amides is 2. The van der Waals surface area contributed by atoms with Gasteiger partial charge >= 0.3 is 6.09 Å². The smallest absolute Gasteiger partial charge is 0.408 e. The minimum atomic E-state index is -0.951. The van der Waals surface area contributed by atoms with Gasteiger partial charge in [0.25, 0.3) is 0 Å². The fourth-order valence-electron chi connectivity index (χ4n) is 1.74. The second-order valence-corrected chi connectivity index (χ2v) is 5.46. The molecule has 7 heteroatoms. The van der Waals surface area contributed by atoms with Gasteiger partial charge in [-0.25, -0.2) is 4.79 Å². The summed E-state index contributed by atoms with van der Waals surface area (Å²) in [6, 6.07) is -0.951. The number of rotatable bonds is 3. The van der Waals surface area contributed by atoms with Crippen LogP contribution in [0.1, 0.15) is 20.8 Å². The third kappa shape index (κ3) is 5.44. The Labute approximate surface area is 113 Å². The SMILES string of the molecule is CC(C)(C)OC(=O)NC(CO)C(=O)N1CCNCC1. The Morgan fingerprint density at radius 1 is 1.37 bits per heavy atom. The van der Waals surface area contributed by atoms with E-state index >= 15 is 0 Å². The first kappa shape index (κ1) is 15.7. The zero-order valence-corrected chi connectivity index (χ0v) is 11.7. The van der Waals surface area contributed by atoms with Gasteiger partial charge in [0, 0.05) is 26.2 Å². The number of carbonyl (C=O) groups is 2. The average molecular weight is 273 g/mol. The summed E-state index contributed by atoms with van der Waals surface area (Å²) in [5.74, 6) is -0.283. The fraction of sp³-hybridized carbons (Fsp3) is 0.833. The summed E-state index contributed by atoms with van der Waals surface area (Å²) in [6.45, 7) is 7.35. The lowest BCUT2D eigenvalue weighted by Crippen LogP contribution is -2.55. The van der Waals surface area contributed by atoms with Crippen molar-refractivity contribution in [2.24, 2.45) is 0 Å². The molecule has 7 nitrogen and oxygen atoms in total. The van der Waals surface area contributed by atoms with E-state index in [1.165, 1.54) is 0 Å². The molecule has 19 heavy (non-hydrogen) atoms. The largest absolute Gasteiger partial charge is 0.444 e. The second kappa shape index (κ2) is 6.72. The number of carbonyl (C=O) groups excluding carboxylic acids is 2. The molecule has 0 saturated carbocycles. The lowest BCUT2D eigenvalue weighted by molar-refractivity contribution is -0.135. The predicted molar refractivity (Wildman–Crippen MR) is 69.7 cm³/mol. The maximum absolute atomic E-state index is 12.1. The van der Waals surface area contributed by atoms with Crippen molar-refractivity contribution >= 4 is 12.0 Å². The Hall–Kier alpha value is -1.34. The van der Waals surface area contributed by atoms with E-state index in [1.807, 2.05) is 0 Å². The highest BCUT2D eigenvalue weighted by Gasteiger charge is 2.28. The second-order valence-electron chi connectivity index (χ2n) is 5.46. The van der Waals surface area contributed by atoms with Gasteiger partial charge in [-0.1, -0.05) is 0 Å². The maximum atomic E-state index is 12.1. The van der Waals surface area contributed by atoms with Gasteiger partial charge in [-0.15, -0.1) is 0 Å². The van der Waals surface area contributed by atoms with E-state index in [4.69, 9.17) is 4.74 Å². The van der Waals surface area contributed by atoms with Gasteiger partial charge in [-0.2, -0.15) is 0 Å². The van der Waals surface area contributed by atoms with E-state index in [-0.39, 0.29) is 5.91 Å². The number of hydrogen-bond acceptors (Lipinski definition) is 5. The number of aliphatic hydroxyl groups excluding tert-OH is 1. The summed E-state index contributed by atoms with van der Waals surface area (Å²) in [6.07, 6.45) is -0.699. The van der Waals surface area contributed by atoms with Crippen LogP contribution in [-0.2, 0) is 9.53 Å². The Balaban J connectivity index is 2.52. The molecule has 1 rings (SSSR count). The minimum absolute atomic E-state index is 0.283. The van der Waals surface area contributed by atoms with Crippen LogP contribution in [0.3, 0.4) is 0 Å². The van der Waals surface area contributed by atoms with Gasteiger partial charge in [0.2, 0.25) is 5.91 Å². The molecule has 2 amide bonds. The number of hydrogen-bond donors (Lipinski definition) is 3. The van der Waals surface area contributed by atoms with Crippen molar-refractivity contribution in [3.8, 4) is 0 Å². The quantitative estimate of drug-likeness (QED) is 0.633. The van der Waals surface area contributed by atoms with Crippen LogP contribution in [0.5, 0.6) is 0 Å². The van der Waals surface area contributed by atoms with Gasteiger partial charge in [0.1, 0.15) is 11.6 Å². The van der Waals surface area contributed by atoms with Crippen LogP contribution < -0.4 is 10.6 Å². The van der Waals surface area contributed by atoms with E-state index < -0.39 is 24.3 Å². The molecule has 1 fully saturated rings. The fourth-order valence-corrected chi connectivity index (χ4v) is 1.74. The molecule has 0 radical (unpaired) electrons. The topological polar surface area (TPSA) is 90.9 Å². The van der Waals surface area contributed by atoms with Crippen LogP contribution in [-0.4, -0.2) is 66.4 Å². The van der Waals surface area contributed by atoms with Crippen molar-refractivity contribution in [3.05, 3.63) is 0 Å². The zero-order valence-electron chi connectivity index (χ0n) is 11.7. The third-order valence-corrected chi connectivity index (χ3v) is 2.60. The van der Waals surface area contributed by atoms with Gasteiger partial charge in [0.05, 0.1) is 6.61 Å². The zero-order chi connectivity index (χ0) is 14.5. The summed E-state index contributed by atoms with van der Waals surface area (Å²) in [7, 11) is 0. The molecule has 0 aromatic rings. The van der Waals surface area contributed by atoms with Gasteiger partial charge < -0.3 is 25.4 Å². The van der Waals surface area contributed by atoms with Crippen molar-refractivity contribution in [1.29, 1.82) is 0 Å². The van der Waals surface area contributed by atoms with Crippen LogP contribution in [0, 0.1) is 0 Å². The summed E-state index contributed by atoms with van der Waals surface area (Å²) >= 11 is 0. The Kier molecular flexibility index (Phi) is 5.56. The maximum Gasteiger partial charge on any atom is 0.408 e. The summed E-state index contributed by atoms with van der Waals surface area (Å²) in [5, 5.41) is 14.8.